The summed E-state index contributed by atoms with van der Waals surface area (Å²) < 4.78 is 5.59. The molecule has 1 aliphatic rings. The molecule has 5 heteroatoms. The molecule has 1 heterocycles. The number of amidine groups is 1. The second-order valence-electron chi connectivity index (χ2n) is 5.52. The molecular formula is C12H25N3O2. The number of oxime groups is 1. The van der Waals surface area contributed by atoms with Gasteiger partial charge in [-0.3, -0.25) is 0 Å². The van der Waals surface area contributed by atoms with Gasteiger partial charge in [-0.1, -0.05) is 19.0 Å². The van der Waals surface area contributed by atoms with Gasteiger partial charge in [-0.2, -0.15) is 0 Å². The van der Waals surface area contributed by atoms with E-state index < -0.39 is 0 Å². The zero-order valence-electron chi connectivity index (χ0n) is 11.1. The summed E-state index contributed by atoms with van der Waals surface area (Å²) >= 11 is 0. The van der Waals surface area contributed by atoms with E-state index in [0.29, 0.717) is 11.9 Å². The van der Waals surface area contributed by atoms with E-state index in [1.54, 1.807) is 0 Å². The molecule has 1 saturated heterocycles. The molecule has 1 unspecified atom stereocenters. The van der Waals surface area contributed by atoms with Gasteiger partial charge in [0.2, 0.25) is 0 Å². The average molecular weight is 243 g/mol. The fourth-order valence-corrected chi connectivity index (χ4v) is 1.96. The minimum atomic E-state index is -0.264. The predicted molar refractivity (Wildman–Crippen MR) is 68.3 cm³/mol. The lowest BCUT2D eigenvalue weighted by Gasteiger charge is -2.27. The number of nitrogens with zero attached hydrogens (tertiary/aromatic N) is 2. The summed E-state index contributed by atoms with van der Waals surface area (Å²) in [6.45, 7) is 6.76. The first kappa shape index (κ1) is 14.3. The van der Waals surface area contributed by atoms with Gasteiger partial charge in [-0.05, 0) is 32.9 Å². The summed E-state index contributed by atoms with van der Waals surface area (Å²) in [5.41, 5.74) is 5.39. The number of ether oxygens (including phenoxy) is 1. The second kappa shape index (κ2) is 6.21. The molecule has 1 aliphatic heterocycles. The molecule has 0 saturated carbocycles. The van der Waals surface area contributed by atoms with Crippen LogP contribution in [0.5, 0.6) is 0 Å². The minimum Gasteiger partial charge on any atom is -0.409 e. The fourth-order valence-electron chi connectivity index (χ4n) is 1.96. The van der Waals surface area contributed by atoms with Gasteiger partial charge >= 0.3 is 0 Å². The van der Waals surface area contributed by atoms with Gasteiger partial charge in [0.15, 0.2) is 0 Å². The van der Waals surface area contributed by atoms with Gasteiger partial charge < -0.3 is 20.6 Å². The number of rotatable bonds is 6. The van der Waals surface area contributed by atoms with Crippen molar-refractivity contribution >= 4 is 5.84 Å². The third-order valence-corrected chi connectivity index (χ3v) is 3.46. The molecule has 1 atom stereocenters. The molecule has 0 aromatic rings. The maximum atomic E-state index is 8.69. The Morgan fingerprint density at radius 3 is 2.82 bits per heavy atom. The first-order valence-electron chi connectivity index (χ1n) is 6.24. The Morgan fingerprint density at radius 2 is 2.29 bits per heavy atom. The first-order chi connectivity index (χ1) is 7.95. The zero-order chi connectivity index (χ0) is 12.9. The summed E-state index contributed by atoms with van der Waals surface area (Å²) in [5.74, 6) is 0.294. The van der Waals surface area contributed by atoms with Crippen molar-refractivity contribution in [3.63, 3.8) is 0 Å². The Balaban J connectivity index is 2.29. The van der Waals surface area contributed by atoms with Crippen LogP contribution in [0, 0.1) is 5.41 Å². The highest BCUT2D eigenvalue weighted by Gasteiger charge is 2.24. The molecular weight excluding hydrogens is 218 g/mol. The lowest BCUT2D eigenvalue weighted by Crippen LogP contribution is -2.37. The first-order valence-corrected chi connectivity index (χ1v) is 6.24. The smallest absolute Gasteiger partial charge is 0.144 e. The molecule has 0 amide bonds. The lowest BCUT2D eigenvalue weighted by atomic mass is 9.88. The van der Waals surface area contributed by atoms with Crippen LogP contribution in [0.1, 0.15) is 33.1 Å². The molecule has 0 spiro atoms. The topological polar surface area (TPSA) is 71.1 Å². The molecule has 1 rings (SSSR count). The quantitative estimate of drug-likeness (QED) is 0.319. The highest BCUT2D eigenvalue weighted by Crippen LogP contribution is 2.21. The second-order valence-corrected chi connectivity index (χ2v) is 5.52. The average Bonchev–Trinajstić information content (AvgIpc) is 2.78. The van der Waals surface area contributed by atoms with Crippen molar-refractivity contribution in [3.8, 4) is 0 Å². The van der Waals surface area contributed by atoms with E-state index in [9.17, 15) is 0 Å². The lowest BCUT2D eigenvalue weighted by molar-refractivity contribution is 0.0791. The summed E-state index contributed by atoms with van der Waals surface area (Å²) in [5, 5.41) is 11.8. The predicted octanol–water partition coefficient (Wildman–Crippen LogP) is 1.26. The Kier molecular flexibility index (Phi) is 5.21. The molecule has 0 aliphatic carbocycles. The van der Waals surface area contributed by atoms with E-state index in [0.717, 1.165) is 32.5 Å². The van der Waals surface area contributed by atoms with E-state index in [2.05, 4.69) is 17.1 Å². The van der Waals surface area contributed by atoms with Gasteiger partial charge in [-0.15, -0.1) is 0 Å². The van der Waals surface area contributed by atoms with Crippen molar-refractivity contribution in [3.05, 3.63) is 0 Å². The van der Waals surface area contributed by atoms with Crippen molar-refractivity contribution in [1.29, 1.82) is 0 Å². The van der Waals surface area contributed by atoms with Crippen molar-refractivity contribution in [2.75, 3.05) is 26.7 Å². The fraction of sp³-hybridized carbons (Fsp3) is 0.917. The Hall–Kier alpha value is -0.810. The van der Waals surface area contributed by atoms with Gasteiger partial charge in [0.1, 0.15) is 5.84 Å². The number of nitrogens with two attached hydrogens (primary N) is 1. The van der Waals surface area contributed by atoms with Gasteiger partial charge in [-0.25, -0.2) is 0 Å². The number of likely N-dealkylation sites (N-methyl/N-ethyl adjacent to an activating group) is 1. The van der Waals surface area contributed by atoms with Gasteiger partial charge in [0, 0.05) is 18.6 Å². The molecule has 3 N–H and O–H groups in total. The monoisotopic (exact) mass is 243 g/mol. The van der Waals surface area contributed by atoms with E-state index in [-0.39, 0.29) is 5.41 Å². The van der Waals surface area contributed by atoms with Crippen LogP contribution in [0.15, 0.2) is 5.16 Å². The molecule has 5 nitrogen and oxygen atoms in total. The standard InChI is InChI=1S/C12H25N3O2/c1-12(2,11(13)14-16)6-7-15(3)9-10-5-4-8-17-10/h10,16H,4-9H2,1-3H3,(H2,13,14). The van der Waals surface area contributed by atoms with E-state index in [4.69, 9.17) is 15.7 Å². The van der Waals surface area contributed by atoms with Crippen molar-refractivity contribution in [2.45, 2.75) is 39.2 Å². The Bertz CT molecular complexity index is 260. The highest BCUT2D eigenvalue weighted by atomic mass is 16.5. The summed E-state index contributed by atoms with van der Waals surface area (Å²) in [4.78, 5) is 2.25. The van der Waals surface area contributed by atoms with Crippen LogP contribution < -0.4 is 5.73 Å². The number of hydrogen-bond acceptors (Lipinski definition) is 4. The van der Waals surface area contributed by atoms with Crippen molar-refractivity contribution in [2.24, 2.45) is 16.3 Å². The molecule has 0 aromatic carbocycles. The maximum absolute atomic E-state index is 8.69. The summed E-state index contributed by atoms with van der Waals surface area (Å²) in [7, 11) is 2.09. The van der Waals surface area contributed by atoms with Crippen molar-refractivity contribution < 1.29 is 9.94 Å². The third-order valence-electron chi connectivity index (χ3n) is 3.46. The molecule has 1 fully saturated rings. The van der Waals surface area contributed by atoms with Gasteiger partial charge in [0.05, 0.1) is 6.10 Å². The SMILES string of the molecule is CN(CCC(C)(C)C(N)=NO)CC1CCCO1. The third kappa shape index (κ3) is 4.52. The molecule has 0 aromatic heterocycles. The van der Waals surface area contributed by atoms with Crippen LogP contribution in [0.2, 0.25) is 0 Å². The normalized spacial score (nSPS) is 22.4. The molecule has 0 bridgehead atoms. The molecule has 100 valence electrons. The highest BCUT2D eigenvalue weighted by molar-refractivity contribution is 5.85. The largest absolute Gasteiger partial charge is 0.409 e. The van der Waals surface area contributed by atoms with Crippen LogP contribution in [-0.4, -0.2) is 48.8 Å². The van der Waals surface area contributed by atoms with E-state index >= 15 is 0 Å². The molecule has 0 radical (unpaired) electrons. The van der Waals surface area contributed by atoms with E-state index in [1.165, 1.54) is 6.42 Å². The zero-order valence-corrected chi connectivity index (χ0v) is 11.1. The summed E-state index contributed by atoms with van der Waals surface area (Å²) in [6.07, 6.45) is 3.58. The van der Waals surface area contributed by atoms with Gasteiger partial charge in [0.25, 0.3) is 0 Å². The van der Waals surface area contributed by atoms with E-state index in [1.807, 2.05) is 13.8 Å². The van der Waals surface area contributed by atoms with Crippen LogP contribution in [0.4, 0.5) is 0 Å². The Morgan fingerprint density at radius 1 is 1.59 bits per heavy atom. The minimum absolute atomic E-state index is 0.264. The number of hydrogen-bond donors (Lipinski definition) is 2. The van der Waals surface area contributed by atoms with Crippen LogP contribution in [-0.2, 0) is 4.74 Å². The van der Waals surface area contributed by atoms with Crippen molar-refractivity contribution in [1.82, 2.24) is 4.90 Å². The molecule has 17 heavy (non-hydrogen) atoms. The Labute approximate surface area is 104 Å². The van der Waals surface area contributed by atoms with Crippen LogP contribution >= 0.6 is 0 Å². The summed E-state index contributed by atoms with van der Waals surface area (Å²) in [6, 6.07) is 0. The van der Waals surface area contributed by atoms with Crippen LogP contribution in [0.25, 0.3) is 0 Å². The van der Waals surface area contributed by atoms with Crippen LogP contribution in [0.3, 0.4) is 0 Å². The maximum Gasteiger partial charge on any atom is 0.144 e.